The van der Waals surface area contributed by atoms with Gasteiger partial charge < -0.3 is 5.73 Å². The number of halogens is 1. The Labute approximate surface area is 104 Å². The van der Waals surface area contributed by atoms with Gasteiger partial charge in [0, 0.05) is 22.0 Å². The summed E-state index contributed by atoms with van der Waals surface area (Å²) in [6.45, 7) is 1.83. The van der Waals surface area contributed by atoms with Crippen LogP contribution >= 0.6 is 11.6 Å². The third-order valence-electron chi connectivity index (χ3n) is 2.38. The number of aryl methyl sites for hydroxylation is 1. The van der Waals surface area contributed by atoms with Crippen molar-refractivity contribution in [3.8, 4) is 0 Å². The molecule has 1 aromatic carbocycles. The fraction of sp³-hybridized carbons (Fsp3) is 0.0769. The molecule has 3 nitrogen and oxygen atoms in total. The molecule has 0 radical (unpaired) electrons. The molecule has 0 saturated carbocycles. The minimum atomic E-state index is -0.214. The second kappa shape index (κ2) is 4.55. The van der Waals surface area contributed by atoms with Crippen LogP contribution in [0.3, 0.4) is 0 Å². The Morgan fingerprint density at radius 2 is 2.06 bits per heavy atom. The molecular weight excluding hydrogens is 236 g/mol. The highest BCUT2D eigenvalue weighted by molar-refractivity contribution is 6.31. The Morgan fingerprint density at radius 1 is 1.29 bits per heavy atom. The number of pyridine rings is 1. The van der Waals surface area contributed by atoms with E-state index in [0.717, 1.165) is 5.69 Å². The van der Waals surface area contributed by atoms with Gasteiger partial charge in [0.1, 0.15) is 5.69 Å². The van der Waals surface area contributed by atoms with Crippen molar-refractivity contribution < 1.29 is 4.79 Å². The van der Waals surface area contributed by atoms with E-state index < -0.39 is 0 Å². The van der Waals surface area contributed by atoms with Gasteiger partial charge in [-0.1, -0.05) is 17.7 Å². The monoisotopic (exact) mass is 246 g/mol. The third kappa shape index (κ3) is 2.45. The second-order valence-corrected chi connectivity index (χ2v) is 4.16. The number of anilines is 1. The van der Waals surface area contributed by atoms with Gasteiger partial charge in [-0.25, -0.2) is 4.98 Å². The summed E-state index contributed by atoms with van der Waals surface area (Å²) in [5.74, 6) is -0.214. The van der Waals surface area contributed by atoms with Crippen molar-refractivity contribution in [3.63, 3.8) is 0 Å². The van der Waals surface area contributed by atoms with Crippen LogP contribution in [0.2, 0.25) is 5.02 Å². The molecule has 1 heterocycles. The molecule has 86 valence electrons. The first-order valence-electron chi connectivity index (χ1n) is 5.11. The summed E-state index contributed by atoms with van der Waals surface area (Å²) < 4.78 is 0. The molecule has 0 spiro atoms. The number of hydrogen-bond acceptors (Lipinski definition) is 3. The molecule has 17 heavy (non-hydrogen) atoms. The number of ketones is 1. The number of hydrogen-bond donors (Lipinski definition) is 1. The van der Waals surface area contributed by atoms with E-state index in [1.54, 1.807) is 30.3 Å². The first-order chi connectivity index (χ1) is 8.08. The quantitative estimate of drug-likeness (QED) is 0.655. The van der Waals surface area contributed by atoms with E-state index in [9.17, 15) is 4.79 Å². The Bertz CT molecular complexity index is 581. The van der Waals surface area contributed by atoms with Crippen LogP contribution in [0.5, 0.6) is 0 Å². The number of rotatable bonds is 2. The largest absolute Gasteiger partial charge is 0.398 e. The van der Waals surface area contributed by atoms with Crippen LogP contribution in [0, 0.1) is 6.92 Å². The van der Waals surface area contributed by atoms with E-state index in [-0.39, 0.29) is 5.78 Å². The number of nitrogen functional groups attached to an aromatic ring is 1. The molecule has 4 heteroatoms. The molecule has 0 atom stereocenters. The van der Waals surface area contributed by atoms with Crippen molar-refractivity contribution in [1.29, 1.82) is 0 Å². The van der Waals surface area contributed by atoms with Crippen LogP contribution in [0.1, 0.15) is 21.7 Å². The zero-order chi connectivity index (χ0) is 12.4. The fourth-order valence-corrected chi connectivity index (χ4v) is 1.70. The first kappa shape index (κ1) is 11.6. The topological polar surface area (TPSA) is 56.0 Å². The molecule has 0 fully saturated rings. The smallest absolute Gasteiger partial charge is 0.213 e. The lowest BCUT2D eigenvalue weighted by Crippen LogP contribution is -2.07. The number of nitrogens with zero attached hydrogens (tertiary/aromatic N) is 1. The zero-order valence-corrected chi connectivity index (χ0v) is 10.0. The van der Waals surface area contributed by atoms with E-state index in [1.165, 1.54) is 0 Å². The summed E-state index contributed by atoms with van der Waals surface area (Å²) in [6, 6.07) is 10.1. The zero-order valence-electron chi connectivity index (χ0n) is 9.27. The van der Waals surface area contributed by atoms with E-state index in [1.807, 2.05) is 13.0 Å². The normalized spacial score (nSPS) is 10.2. The summed E-state index contributed by atoms with van der Waals surface area (Å²) >= 11 is 5.85. The number of benzene rings is 1. The lowest BCUT2D eigenvalue weighted by molar-refractivity contribution is 0.103. The molecule has 2 N–H and O–H groups in total. The second-order valence-electron chi connectivity index (χ2n) is 3.72. The van der Waals surface area contributed by atoms with Gasteiger partial charge in [-0.2, -0.15) is 0 Å². The van der Waals surface area contributed by atoms with E-state index in [0.29, 0.717) is 22.0 Å². The average molecular weight is 247 g/mol. The van der Waals surface area contributed by atoms with E-state index in [2.05, 4.69) is 4.98 Å². The lowest BCUT2D eigenvalue weighted by Gasteiger charge is -2.05. The maximum Gasteiger partial charge on any atom is 0.213 e. The number of carbonyl (C=O) groups excluding carboxylic acids is 1. The molecule has 0 saturated heterocycles. The van der Waals surface area contributed by atoms with Crippen molar-refractivity contribution in [3.05, 3.63) is 58.4 Å². The molecule has 2 rings (SSSR count). The summed E-state index contributed by atoms with van der Waals surface area (Å²) in [5.41, 5.74) is 7.71. The molecular formula is C13H11ClN2O. The van der Waals surface area contributed by atoms with Crippen molar-refractivity contribution in [1.82, 2.24) is 4.98 Å². The van der Waals surface area contributed by atoms with Gasteiger partial charge in [-0.3, -0.25) is 4.79 Å². The number of nitrogens with two attached hydrogens (primary N) is 1. The lowest BCUT2D eigenvalue weighted by atomic mass is 10.1. The van der Waals surface area contributed by atoms with Crippen molar-refractivity contribution in [2.45, 2.75) is 6.92 Å². The molecule has 0 amide bonds. The predicted molar refractivity (Wildman–Crippen MR) is 68.3 cm³/mol. The van der Waals surface area contributed by atoms with E-state index >= 15 is 0 Å². The Balaban J connectivity index is 2.47. The first-order valence-corrected chi connectivity index (χ1v) is 5.49. The van der Waals surface area contributed by atoms with Gasteiger partial charge >= 0.3 is 0 Å². The van der Waals surface area contributed by atoms with Crippen LogP contribution < -0.4 is 5.73 Å². The van der Waals surface area contributed by atoms with Gasteiger partial charge in [0.25, 0.3) is 0 Å². The standard InChI is InChI=1S/C13H11ClN2O/c1-8-3-2-4-12(16-8)13(17)10-7-9(14)5-6-11(10)15/h2-7H,15H2,1H3. The molecule has 0 aliphatic heterocycles. The number of aromatic nitrogens is 1. The molecule has 0 aliphatic rings. The van der Waals surface area contributed by atoms with Crippen molar-refractivity contribution in [2.75, 3.05) is 5.73 Å². The summed E-state index contributed by atoms with van der Waals surface area (Å²) in [7, 11) is 0. The Hall–Kier alpha value is -1.87. The van der Waals surface area contributed by atoms with E-state index in [4.69, 9.17) is 17.3 Å². The maximum absolute atomic E-state index is 12.2. The van der Waals surface area contributed by atoms with Crippen LogP contribution in [0.4, 0.5) is 5.69 Å². The van der Waals surface area contributed by atoms with Crippen LogP contribution in [0.25, 0.3) is 0 Å². The molecule has 0 aliphatic carbocycles. The van der Waals surface area contributed by atoms with Crippen LogP contribution in [0.15, 0.2) is 36.4 Å². The van der Waals surface area contributed by atoms with Crippen molar-refractivity contribution in [2.24, 2.45) is 0 Å². The maximum atomic E-state index is 12.2. The predicted octanol–water partition coefficient (Wildman–Crippen LogP) is 2.86. The molecule has 0 bridgehead atoms. The van der Waals surface area contributed by atoms with Crippen molar-refractivity contribution >= 4 is 23.1 Å². The highest BCUT2D eigenvalue weighted by Gasteiger charge is 2.14. The SMILES string of the molecule is Cc1cccc(C(=O)c2cc(Cl)ccc2N)n1. The van der Waals surface area contributed by atoms with Gasteiger partial charge in [0.05, 0.1) is 0 Å². The minimum absolute atomic E-state index is 0.214. The number of carbonyl (C=O) groups is 1. The average Bonchev–Trinajstić information content (AvgIpc) is 2.31. The van der Waals surface area contributed by atoms with Gasteiger partial charge in [-0.15, -0.1) is 0 Å². The Kier molecular flexibility index (Phi) is 3.11. The molecule has 2 aromatic rings. The summed E-state index contributed by atoms with van der Waals surface area (Å²) in [5, 5.41) is 0.482. The fourth-order valence-electron chi connectivity index (χ4n) is 1.53. The highest BCUT2D eigenvalue weighted by Crippen LogP contribution is 2.20. The third-order valence-corrected chi connectivity index (χ3v) is 2.62. The Morgan fingerprint density at radius 3 is 2.76 bits per heavy atom. The van der Waals surface area contributed by atoms with Crippen LogP contribution in [-0.2, 0) is 0 Å². The summed E-state index contributed by atoms with van der Waals surface area (Å²) in [4.78, 5) is 16.3. The molecule has 0 unspecified atom stereocenters. The summed E-state index contributed by atoms with van der Waals surface area (Å²) in [6.07, 6.45) is 0. The van der Waals surface area contributed by atoms with Crippen LogP contribution in [-0.4, -0.2) is 10.8 Å². The minimum Gasteiger partial charge on any atom is -0.398 e. The van der Waals surface area contributed by atoms with Gasteiger partial charge in [0.2, 0.25) is 5.78 Å². The molecule has 1 aromatic heterocycles. The van der Waals surface area contributed by atoms with Gasteiger partial charge in [0.15, 0.2) is 0 Å². The highest BCUT2D eigenvalue weighted by atomic mass is 35.5. The van der Waals surface area contributed by atoms with Gasteiger partial charge in [-0.05, 0) is 37.3 Å².